The zero-order valence-electron chi connectivity index (χ0n) is 17.1. The third kappa shape index (κ3) is 2.83. The zero-order valence-corrected chi connectivity index (χ0v) is 17.1. The van der Waals surface area contributed by atoms with Crippen molar-refractivity contribution in [2.75, 3.05) is 18.5 Å². The van der Waals surface area contributed by atoms with Gasteiger partial charge >= 0.3 is 6.03 Å². The molecule has 162 valence electrons. The lowest BCUT2D eigenvalue weighted by atomic mass is 10.1. The molecule has 3 aliphatic rings. The van der Waals surface area contributed by atoms with E-state index in [-0.39, 0.29) is 5.69 Å². The number of hydrogen-bond donors (Lipinski definition) is 1. The summed E-state index contributed by atoms with van der Waals surface area (Å²) in [4.78, 5) is 47.3. The maximum atomic E-state index is 14.8. The maximum Gasteiger partial charge on any atom is 0.328 e. The number of primary amides is 1. The molecular weight excluding hydrogens is 415 g/mol. The number of amides is 4. The number of urea groups is 1. The smallest absolute Gasteiger partial charge is 0.328 e. The van der Waals surface area contributed by atoms with Crippen molar-refractivity contribution in [1.29, 1.82) is 0 Å². The van der Waals surface area contributed by atoms with Crippen molar-refractivity contribution < 1.29 is 18.8 Å². The van der Waals surface area contributed by atoms with E-state index in [1.54, 1.807) is 34.2 Å². The predicted octanol–water partition coefficient (Wildman–Crippen LogP) is 1.39. The Hall–Kier alpha value is -4.21. The molecule has 3 aliphatic heterocycles. The molecule has 10 heteroatoms. The SMILES string of the molecule is CN1C(=O)N(CC(N)=O)C(=O)C2C1N=C1N(c3ccccc3F)C(c3ccccc3)=CN12. The van der Waals surface area contributed by atoms with Crippen LogP contribution >= 0.6 is 0 Å². The fourth-order valence-corrected chi connectivity index (χ4v) is 4.22. The van der Waals surface area contributed by atoms with Crippen LogP contribution in [0.2, 0.25) is 0 Å². The topological polar surface area (TPSA) is 103 Å². The molecule has 0 spiro atoms. The number of rotatable bonds is 4. The van der Waals surface area contributed by atoms with Crippen molar-refractivity contribution in [3.05, 3.63) is 72.2 Å². The first-order valence-corrected chi connectivity index (χ1v) is 9.93. The van der Waals surface area contributed by atoms with E-state index in [1.165, 1.54) is 18.0 Å². The summed E-state index contributed by atoms with van der Waals surface area (Å²) >= 11 is 0. The number of carbonyl (C=O) groups excluding carboxylic acids is 3. The molecule has 2 atom stereocenters. The van der Waals surface area contributed by atoms with E-state index < -0.39 is 42.4 Å². The van der Waals surface area contributed by atoms with Crippen molar-refractivity contribution in [3.8, 4) is 0 Å². The number of guanidine groups is 1. The van der Waals surface area contributed by atoms with Crippen LogP contribution in [0.3, 0.4) is 0 Å². The van der Waals surface area contributed by atoms with E-state index in [2.05, 4.69) is 4.99 Å². The molecule has 0 saturated carbocycles. The van der Waals surface area contributed by atoms with E-state index in [1.807, 2.05) is 30.3 Å². The van der Waals surface area contributed by atoms with Gasteiger partial charge in [-0.1, -0.05) is 42.5 Å². The zero-order chi connectivity index (χ0) is 22.6. The summed E-state index contributed by atoms with van der Waals surface area (Å²) in [5, 5.41) is 0. The maximum absolute atomic E-state index is 14.8. The second kappa shape index (κ2) is 7.19. The first kappa shape index (κ1) is 19.7. The highest BCUT2D eigenvalue weighted by molar-refractivity contribution is 6.16. The highest BCUT2D eigenvalue weighted by Gasteiger charge is 2.55. The molecule has 1 saturated heterocycles. The number of hydrogen-bond acceptors (Lipinski definition) is 6. The second-order valence-corrected chi connectivity index (χ2v) is 7.65. The van der Waals surface area contributed by atoms with E-state index in [9.17, 15) is 18.8 Å². The van der Waals surface area contributed by atoms with Crippen LogP contribution in [0.15, 0.2) is 65.8 Å². The van der Waals surface area contributed by atoms with Crippen molar-refractivity contribution >= 4 is 35.2 Å². The molecule has 2 N–H and O–H groups in total. The van der Waals surface area contributed by atoms with Crippen LogP contribution in [0.4, 0.5) is 14.9 Å². The van der Waals surface area contributed by atoms with Gasteiger partial charge in [-0.3, -0.25) is 24.3 Å². The molecule has 0 radical (unpaired) electrons. The van der Waals surface area contributed by atoms with E-state index >= 15 is 0 Å². The highest BCUT2D eigenvalue weighted by Crippen LogP contribution is 2.40. The van der Waals surface area contributed by atoms with Crippen molar-refractivity contribution in [3.63, 3.8) is 0 Å². The third-order valence-corrected chi connectivity index (χ3v) is 5.69. The number of benzene rings is 2. The first-order valence-electron chi connectivity index (χ1n) is 9.93. The number of halogens is 1. The summed E-state index contributed by atoms with van der Waals surface area (Å²) in [7, 11) is 1.50. The lowest BCUT2D eigenvalue weighted by Crippen LogP contribution is -2.65. The third-order valence-electron chi connectivity index (χ3n) is 5.69. The number of nitrogens with two attached hydrogens (primary N) is 1. The minimum atomic E-state index is -0.900. The Morgan fingerprint density at radius 1 is 1.09 bits per heavy atom. The lowest BCUT2D eigenvalue weighted by molar-refractivity contribution is -0.139. The van der Waals surface area contributed by atoms with Crippen LogP contribution in [0.5, 0.6) is 0 Å². The molecule has 3 heterocycles. The number of imide groups is 1. The van der Waals surface area contributed by atoms with Crippen LogP contribution in [0.25, 0.3) is 5.70 Å². The first-order chi connectivity index (χ1) is 15.4. The van der Waals surface area contributed by atoms with Crippen LogP contribution in [0.1, 0.15) is 5.56 Å². The monoisotopic (exact) mass is 434 g/mol. The largest absolute Gasteiger partial charge is 0.368 e. The molecule has 0 aliphatic carbocycles. The van der Waals surface area contributed by atoms with Gasteiger partial charge in [0.25, 0.3) is 5.91 Å². The molecule has 2 unspecified atom stereocenters. The minimum absolute atomic E-state index is 0.262. The van der Waals surface area contributed by atoms with E-state index in [4.69, 9.17) is 5.73 Å². The molecule has 0 aromatic heterocycles. The van der Waals surface area contributed by atoms with Gasteiger partial charge in [-0.25, -0.2) is 14.2 Å². The van der Waals surface area contributed by atoms with Gasteiger partial charge in [0.1, 0.15) is 12.4 Å². The summed E-state index contributed by atoms with van der Waals surface area (Å²) in [6.07, 6.45) is 0.895. The van der Waals surface area contributed by atoms with Crippen LogP contribution < -0.4 is 10.6 Å². The number of nitrogens with zero attached hydrogens (tertiary/aromatic N) is 5. The normalized spacial score (nSPS) is 22.1. The minimum Gasteiger partial charge on any atom is -0.368 e. The Bertz CT molecular complexity index is 1200. The van der Waals surface area contributed by atoms with Gasteiger partial charge in [-0.2, -0.15) is 0 Å². The Morgan fingerprint density at radius 3 is 2.47 bits per heavy atom. The summed E-state index contributed by atoms with van der Waals surface area (Å²) in [6, 6.07) is 14.0. The Balaban J connectivity index is 1.63. The van der Waals surface area contributed by atoms with E-state index in [0.717, 1.165) is 10.5 Å². The number of likely N-dealkylation sites (N-methyl/N-ethyl adjacent to an activating group) is 1. The Kier molecular flexibility index (Phi) is 4.43. The molecule has 4 amide bonds. The van der Waals surface area contributed by atoms with Crippen LogP contribution in [-0.2, 0) is 9.59 Å². The average Bonchev–Trinajstić information content (AvgIpc) is 3.32. The molecule has 5 rings (SSSR count). The fraction of sp³-hybridized carbons (Fsp3) is 0.182. The van der Waals surface area contributed by atoms with Gasteiger partial charge in [0, 0.05) is 18.8 Å². The molecule has 32 heavy (non-hydrogen) atoms. The predicted molar refractivity (Wildman–Crippen MR) is 114 cm³/mol. The quantitative estimate of drug-likeness (QED) is 0.784. The van der Waals surface area contributed by atoms with Crippen LogP contribution in [-0.4, -0.2) is 64.3 Å². The second-order valence-electron chi connectivity index (χ2n) is 7.65. The van der Waals surface area contributed by atoms with Crippen molar-refractivity contribution in [2.45, 2.75) is 12.2 Å². The number of fused-ring (bicyclic) bond motifs is 3. The van der Waals surface area contributed by atoms with Gasteiger partial charge < -0.3 is 10.6 Å². The van der Waals surface area contributed by atoms with Gasteiger partial charge in [-0.15, -0.1) is 0 Å². The average molecular weight is 434 g/mol. The van der Waals surface area contributed by atoms with Crippen LogP contribution in [0, 0.1) is 5.82 Å². The van der Waals surface area contributed by atoms with Gasteiger partial charge in [0.15, 0.2) is 12.2 Å². The van der Waals surface area contributed by atoms with E-state index in [0.29, 0.717) is 11.7 Å². The molecule has 2 aromatic carbocycles. The molecular formula is C22H19FN6O3. The standard InChI is InChI=1S/C22H19FN6O3/c1-26-19-18(20(31)28(22(26)32)12-17(24)30)27-11-16(13-7-3-2-4-8-13)29(21(27)25-19)15-10-6-5-9-14(15)23/h2-11,18-19H,12H2,1H3,(H2,24,30). The van der Waals surface area contributed by atoms with Gasteiger partial charge in [0.2, 0.25) is 11.9 Å². The van der Waals surface area contributed by atoms with Crippen molar-refractivity contribution in [2.24, 2.45) is 10.7 Å². The number of anilines is 1. The molecule has 9 nitrogen and oxygen atoms in total. The molecule has 1 fully saturated rings. The van der Waals surface area contributed by atoms with Crippen molar-refractivity contribution in [1.82, 2.24) is 14.7 Å². The summed E-state index contributed by atoms with van der Waals surface area (Å²) in [5.74, 6) is -1.53. The number of carbonyl (C=O) groups is 3. The number of aliphatic imine (C=N–C) groups is 1. The molecule has 0 bridgehead atoms. The van der Waals surface area contributed by atoms with Gasteiger partial charge in [0.05, 0.1) is 11.4 Å². The summed E-state index contributed by atoms with van der Waals surface area (Å²) in [5.41, 5.74) is 6.93. The summed E-state index contributed by atoms with van der Waals surface area (Å²) < 4.78 is 14.8. The fourth-order valence-electron chi connectivity index (χ4n) is 4.22. The lowest BCUT2D eigenvalue weighted by Gasteiger charge is -2.39. The Labute approximate surface area is 182 Å². The summed E-state index contributed by atoms with van der Waals surface area (Å²) in [6.45, 7) is -0.527. The van der Waals surface area contributed by atoms with Gasteiger partial charge in [-0.05, 0) is 12.1 Å². The molecule has 2 aromatic rings. The number of para-hydroxylation sites is 1. The Morgan fingerprint density at radius 2 is 1.78 bits per heavy atom. The highest BCUT2D eigenvalue weighted by atomic mass is 19.1.